The van der Waals surface area contributed by atoms with E-state index in [-0.39, 0.29) is 0 Å². The van der Waals surface area contributed by atoms with Crippen LogP contribution in [0.3, 0.4) is 0 Å². The van der Waals surface area contributed by atoms with Crippen LogP contribution in [0.15, 0.2) is 48.5 Å². The number of aromatic nitrogens is 1. The molecule has 2 aromatic carbocycles. The normalized spacial score (nSPS) is 11.1. The Kier molecular flexibility index (Phi) is 2.48. The molecule has 0 amide bonds. The first-order valence-electron chi connectivity index (χ1n) is 6.32. The van der Waals surface area contributed by atoms with E-state index in [1.165, 1.54) is 33.4 Å². The Bertz CT molecular complexity index is 705. The van der Waals surface area contributed by atoms with Crippen LogP contribution in [0.1, 0.15) is 16.8 Å². The van der Waals surface area contributed by atoms with Gasteiger partial charge in [0.1, 0.15) is 0 Å². The molecule has 0 bridgehead atoms. The van der Waals surface area contributed by atoms with Gasteiger partial charge < -0.3 is 4.57 Å². The number of hydrogen-bond acceptors (Lipinski definition) is 0. The minimum Gasteiger partial charge on any atom is -0.314 e. The second-order valence-corrected chi connectivity index (χ2v) is 4.90. The minimum atomic E-state index is 1.23. The number of fused-ring (bicyclic) bond motifs is 1. The van der Waals surface area contributed by atoms with Gasteiger partial charge in [0, 0.05) is 16.8 Å². The van der Waals surface area contributed by atoms with Crippen molar-refractivity contribution in [2.75, 3.05) is 0 Å². The molecule has 0 radical (unpaired) electrons. The van der Waals surface area contributed by atoms with E-state index in [4.69, 9.17) is 0 Å². The summed E-state index contributed by atoms with van der Waals surface area (Å²) in [5.74, 6) is 0. The number of aryl methyl sites for hydroxylation is 2. The topological polar surface area (TPSA) is 4.93 Å². The van der Waals surface area contributed by atoms with Gasteiger partial charge in [0.15, 0.2) is 0 Å². The fourth-order valence-electron chi connectivity index (χ4n) is 2.60. The smallest absolute Gasteiger partial charge is 0.0534 e. The van der Waals surface area contributed by atoms with Crippen LogP contribution < -0.4 is 0 Å². The minimum absolute atomic E-state index is 1.23. The molecule has 0 spiro atoms. The van der Waals surface area contributed by atoms with Crippen LogP contribution >= 0.6 is 0 Å². The summed E-state index contributed by atoms with van der Waals surface area (Å²) in [5.41, 5.74) is 6.54. The molecule has 0 saturated carbocycles. The molecule has 0 unspecified atom stereocenters. The Balaban J connectivity index is 2.40. The van der Waals surface area contributed by atoms with Gasteiger partial charge in [-0.2, -0.15) is 0 Å². The SMILES string of the molecule is Cc1ccc2c(c1)c(C)c(C)n2-c1ccccc1. The summed E-state index contributed by atoms with van der Waals surface area (Å²) < 4.78 is 2.34. The van der Waals surface area contributed by atoms with Gasteiger partial charge in [-0.15, -0.1) is 0 Å². The zero-order valence-corrected chi connectivity index (χ0v) is 11.1. The fourth-order valence-corrected chi connectivity index (χ4v) is 2.60. The molecule has 90 valence electrons. The van der Waals surface area contributed by atoms with E-state index < -0.39 is 0 Å². The van der Waals surface area contributed by atoms with Gasteiger partial charge in [-0.1, -0.05) is 29.8 Å². The van der Waals surface area contributed by atoms with E-state index in [1.807, 2.05) is 0 Å². The van der Waals surface area contributed by atoms with E-state index >= 15 is 0 Å². The summed E-state index contributed by atoms with van der Waals surface area (Å²) in [4.78, 5) is 0. The Morgan fingerprint density at radius 3 is 2.28 bits per heavy atom. The molecule has 1 heterocycles. The van der Waals surface area contributed by atoms with Crippen LogP contribution in [0.2, 0.25) is 0 Å². The Morgan fingerprint density at radius 2 is 1.56 bits per heavy atom. The highest BCUT2D eigenvalue weighted by atomic mass is 15.0. The molecule has 1 heteroatoms. The third-order valence-corrected chi connectivity index (χ3v) is 3.69. The van der Waals surface area contributed by atoms with Gasteiger partial charge in [0.05, 0.1) is 5.52 Å². The molecule has 0 aliphatic heterocycles. The van der Waals surface area contributed by atoms with Crippen molar-refractivity contribution in [1.29, 1.82) is 0 Å². The molecule has 3 aromatic rings. The number of para-hydroxylation sites is 1. The van der Waals surface area contributed by atoms with Crippen molar-refractivity contribution in [2.24, 2.45) is 0 Å². The lowest BCUT2D eigenvalue weighted by atomic mass is 10.1. The van der Waals surface area contributed by atoms with Crippen molar-refractivity contribution in [3.05, 3.63) is 65.4 Å². The molecule has 0 fully saturated rings. The second-order valence-electron chi connectivity index (χ2n) is 4.90. The molecule has 3 rings (SSSR count). The molecular formula is C17H17N. The van der Waals surface area contributed by atoms with Crippen LogP contribution in [-0.2, 0) is 0 Å². The van der Waals surface area contributed by atoms with E-state index in [0.717, 1.165) is 0 Å². The Labute approximate surface area is 108 Å². The second kappa shape index (κ2) is 4.02. The summed E-state index contributed by atoms with van der Waals surface area (Å²) >= 11 is 0. The number of nitrogens with zero attached hydrogens (tertiary/aromatic N) is 1. The van der Waals surface area contributed by atoms with Gasteiger partial charge in [-0.05, 0) is 50.6 Å². The molecule has 0 aliphatic carbocycles. The predicted octanol–water partition coefficient (Wildman–Crippen LogP) is 4.56. The average Bonchev–Trinajstić information content (AvgIpc) is 2.64. The maximum absolute atomic E-state index is 2.34. The van der Waals surface area contributed by atoms with Crippen molar-refractivity contribution in [3.63, 3.8) is 0 Å². The van der Waals surface area contributed by atoms with Gasteiger partial charge in [-0.25, -0.2) is 0 Å². The third-order valence-electron chi connectivity index (χ3n) is 3.69. The van der Waals surface area contributed by atoms with Crippen LogP contribution in [-0.4, -0.2) is 4.57 Å². The lowest BCUT2D eigenvalue weighted by Gasteiger charge is -2.08. The fraction of sp³-hybridized carbons (Fsp3) is 0.176. The standard InChI is InChI=1S/C17H17N/c1-12-9-10-17-16(11-12)13(2)14(3)18(17)15-7-5-4-6-8-15/h4-11H,1-3H3. The first kappa shape index (κ1) is 11.1. The van der Waals surface area contributed by atoms with Crippen LogP contribution in [0.4, 0.5) is 0 Å². The van der Waals surface area contributed by atoms with E-state index in [9.17, 15) is 0 Å². The molecule has 18 heavy (non-hydrogen) atoms. The quantitative estimate of drug-likeness (QED) is 0.583. The lowest BCUT2D eigenvalue weighted by Crippen LogP contribution is -1.95. The van der Waals surface area contributed by atoms with E-state index in [1.54, 1.807) is 0 Å². The summed E-state index contributed by atoms with van der Waals surface area (Å²) in [6.45, 7) is 6.54. The van der Waals surface area contributed by atoms with Gasteiger partial charge in [0.2, 0.25) is 0 Å². The molecule has 0 N–H and O–H groups in total. The molecule has 0 saturated heterocycles. The largest absolute Gasteiger partial charge is 0.314 e. The maximum atomic E-state index is 2.34. The van der Waals surface area contributed by atoms with Crippen LogP contribution in [0, 0.1) is 20.8 Å². The Hall–Kier alpha value is -2.02. The van der Waals surface area contributed by atoms with E-state index in [0.29, 0.717) is 0 Å². The first-order valence-corrected chi connectivity index (χ1v) is 6.32. The summed E-state index contributed by atoms with van der Waals surface area (Å²) in [7, 11) is 0. The average molecular weight is 235 g/mol. The van der Waals surface area contributed by atoms with Gasteiger partial charge in [-0.3, -0.25) is 0 Å². The molecule has 1 aromatic heterocycles. The highest BCUT2D eigenvalue weighted by Gasteiger charge is 2.11. The van der Waals surface area contributed by atoms with Crippen LogP contribution in [0.5, 0.6) is 0 Å². The number of rotatable bonds is 1. The first-order chi connectivity index (χ1) is 8.68. The van der Waals surface area contributed by atoms with Crippen molar-refractivity contribution in [2.45, 2.75) is 20.8 Å². The molecular weight excluding hydrogens is 218 g/mol. The summed E-state index contributed by atoms with van der Waals surface area (Å²) in [6.07, 6.45) is 0. The number of hydrogen-bond donors (Lipinski definition) is 0. The van der Waals surface area contributed by atoms with Crippen molar-refractivity contribution < 1.29 is 0 Å². The van der Waals surface area contributed by atoms with Crippen LogP contribution in [0.25, 0.3) is 16.6 Å². The highest BCUT2D eigenvalue weighted by Crippen LogP contribution is 2.29. The summed E-state index contributed by atoms with van der Waals surface area (Å²) in [5, 5.41) is 1.36. The van der Waals surface area contributed by atoms with Crippen molar-refractivity contribution in [3.8, 4) is 5.69 Å². The highest BCUT2D eigenvalue weighted by molar-refractivity contribution is 5.87. The van der Waals surface area contributed by atoms with Crippen molar-refractivity contribution in [1.82, 2.24) is 4.57 Å². The number of benzene rings is 2. The maximum Gasteiger partial charge on any atom is 0.0534 e. The molecule has 1 nitrogen and oxygen atoms in total. The van der Waals surface area contributed by atoms with Crippen molar-refractivity contribution >= 4 is 10.9 Å². The zero-order valence-electron chi connectivity index (χ0n) is 11.1. The summed E-state index contributed by atoms with van der Waals surface area (Å²) in [6, 6.07) is 17.2. The monoisotopic (exact) mass is 235 g/mol. The Morgan fingerprint density at radius 1 is 0.833 bits per heavy atom. The van der Waals surface area contributed by atoms with Gasteiger partial charge in [0.25, 0.3) is 0 Å². The third kappa shape index (κ3) is 1.55. The predicted molar refractivity (Wildman–Crippen MR) is 77.5 cm³/mol. The van der Waals surface area contributed by atoms with E-state index in [2.05, 4.69) is 73.9 Å². The zero-order chi connectivity index (χ0) is 12.7. The van der Waals surface area contributed by atoms with Gasteiger partial charge >= 0.3 is 0 Å². The lowest BCUT2D eigenvalue weighted by molar-refractivity contribution is 1.04. The molecule has 0 atom stereocenters. The molecule has 0 aliphatic rings.